The summed E-state index contributed by atoms with van der Waals surface area (Å²) in [6.45, 7) is 2.63. The maximum Gasteiger partial charge on any atom is 0.194 e. The van der Waals surface area contributed by atoms with Crippen LogP contribution in [0.4, 0.5) is 0 Å². The van der Waals surface area contributed by atoms with Gasteiger partial charge in [-0.3, -0.25) is 4.40 Å². The standard InChI is InChI=1S/C17H19N3S/c1-11-10-20-15(9-18)16(19-17(20)21-11)14-7-6-12-4-2-3-5-13(12)8-14/h6-8,10H,2-5,9,18H2,1H3. The Morgan fingerprint density at radius 2 is 2.05 bits per heavy atom. The lowest BCUT2D eigenvalue weighted by atomic mass is 9.90. The first-order valence-corrected chi connectivity index (χ1v) is 8.37. The summed E-state index contributed by atoms with van der Waals surface area (Å²) in [5, 5.41) is 0. The van der Waals surface area contributed by atoms with Crippen molar-refractivity contribution in [3.8, 4) is 11.3 Å². The van der Waals surface area contributed by atoms with Gasteiger partial charge in [0, 0.05) is 23.2 Å². The summed E-state index contributed by atoms with van der Waals surface area (Å²) in [6, 6.07) is 6.82. The molecule has 1 aliphatic carbocycles. The van der Waals surface area contributed by atoms with Crippen LogP contribution < -0.4 is 5.73 Å². The molecule has 4 heteroatoms. The predicted molar refractivity (Wildman–Crippen MR) is 87.8 cm³/mol. The Morgan fingerprint density at radius 3 is 2.86 bits per heavy atom. The summed E-state index contributed by atoms with van der Waals surface area (Å²) in [7, 11) is 0. The van der Waals surface area contributed by atoms with Crippen LogP contribution >= 0.6 is 11.3 Å². The number of aryl methyl sites for hydroxylation is 3. The van der Waals surface area contributed by atoms with E-state index in [2.05, 4.69) is 35.7 Å². The van der Waals surface area contributed by atoms with E-state index in [4.69, 9.17) is 10.7 Å². The molecule has 0 amide bonds. The summed E-state index contributed by atoms with van der Waals surface area (Å²) in [4.78, 5) is 7.14. The van der Waals surface area contributed by atoms with E-state index in [0.29, 0.717) is 6.54 Å². The van der Waals surface area contributed by atoms with Crippen molar-refractivity contribution in [1.82, 2.24) is 9.38 Å². The van der Waals surface area contributed by atoms with Crippen molar-refractivity contribution in [2.45, 2.75) is 39.2 Å². The van der Waals surface area contributed by atoms with E-state index < -0.39 is 0 Å². The third-order valence-corrected chi connectivity index (χ3v) is 5.25. The van der Waals surface area contributed by atoms with Crippen LogP contribution in [0.1, 0.15) is 34.5 Å². The predicted octanol–water partition coefficient (Wildman–Crippen LogP) is 3.71. The van der Waals surface area contributed by atoms with Crippen molar-refractivity contribution >= 4 is 16.3 Å². The lowest BCUT2D eigenvalue weighted by Gasteiger charge is -2.16. The molecule has 0 spiro atoms. The van der Waals surface area contributed by atoms with Crippen LogP contribution in [-0.2, 0) is 19.4 Å². The monoisotopic (exact) mass is 297 g/mol. The zero-order valence-corrected chi connectivity index (χ0v) is 13.0. The first-order chi connectivity index (χ1) is 10.3. The Labute approximate surface area is 128 Å². The third-order valence-electron chi connectivity index (χ3n) is 4.36. The van der Waals surface area contributed by atoms with Gasteiger partial charge < -0.3 is 5.73 Å². The molecule has 108 valence electrons. The molecule has 0 radical (unpaired) electrons. The fourth-order valence-electron chi connectivity index (χ4n) is 3.31. The maximum atomic E-state index is 5.99. The van der Waals surface area contributed by atoms with Gasteiger partial charge in [-0.05, 0) is 49.8 Å². The van der Waals surface area contributed by atoms with Gasteiger partial charge >= 0.3 is 0 Å². The van der Waals surface area contributed by atoms with Gasteiger partial charge in [0.05, 0.1) is 11.4 Å². The minimum absolute atomic E-state index is 0.518. The van der Waals surface area contributed by atoms with Crippen LogP contribution in [0.5, 0.6) is 0 Å². The van der Waals surface area contributed by atoms with Crippen LogP contribution in [0.2, 0.25) is 0 Å². The Balaban J connectivity index is 1.87. The van der Waals surface area contributed by atoms with Gasteiger partial charge in [-0.2, -0.15) is 0 Å². The zero-order valence-electron chi connectivity index (χ0n) is 12.2. The minimum Gasteiger partial charge on any atom is -0.325 e. The average Bonchev–Trinajstić information content (AvgIpc) is 3.02. The first-order valence-electron chi connectivity index (χ1n) is 7.56. The lowest BCUT2D eigenvalue weighted by Crippen LogP contribution is -2.04. The molecule has 2 aromatic heterocycles. The Kier molecular flexibility index (Phi) is 3.08. The van der Waals surface area contributed by atoms with Crippen molar-refractivity contribution in [2.24, 2.45) is 5.73 Å². The second kappa shape index (κ2) is 4.97. The molecule has 0 saturated carbocycles. The fraction of sp³-hybridized carbons (Fsp3) is 0.353. The van der Waals surface area contributed by atoms with Crippen molar-refractivity contribution in [1.29, 1.82) is 0 Å². The molecule has 0 atom stereocenters. The van der Waals surface area contributed by atoms with Crippen LogP contribution in [0.15, 0.2) is 24.4 Å². The number of hydrogen-bond donors (Lipinski definition) is 1. The van der Waals surface area contributed by atoms with Gasteiger partial charge in [0.2, 0.25) is 0 Å². The van der Waals surface area contributed by atoms with Gasteiger partial charge in [-0.25, -0.2) is 4.98 Å². The summed E-state index contributed by atoms with van der Waals surface area (Å²) in [6.07, 6.45) is 7.17. The van der Waals surface area contributed by atoms with Crippen molar-refractivity contribution in [3.63, 3.8) is 0 Å². The van der Waals surface area contributed by atoms with E-state index in [0.717, 1.165) is 16.3 Å². The summed E-state index contributed by atoms with van der Waals surface area (Å²) in [5.41, 5.74) is 12.4. The number of hydrogen-bond acceptors (Lipinski definition) is 3. The highest BCUT2D eigenvalue weighted by molar-refractivity contribution is 7.17. The van der Waals surface area contributed by atoms with Crippen molar-refractivity contribution in [3.05, 3.63) is 46.1 Å². The van der Waals surface area contributed by atoms with Gasteiger partial charge in [-0.15, -0.1) is 11.3 Å². The van der Waals surface area contributed by atoms with E-state index >= 15 is 0 Å². The summed E-state index contributed by atoms with van der Waals surface area (Å²) < 4.78 is 2.15. The van der Waals surface area contributed by atoms with Crippen LogP contribution in [-0.4, -0.2) is 9.38 Å². The second-order valence-electron chi connectivity index (χ2n) is 5.80. The highest BCUT2D eigenvalue weighted by Gasteiger charge is 2.17. The first kappa shape index (κ1) is 13.0. The molecule has 1 aromatic carbocycles. The SMILES string of the molecule is Cc1cn2c(CN)c(-c3ccc4c(c3)CCCC4)nc2s1. The second-order valence-corrected chi connectivity index (χ2v) is 7.01. The Morgan fingerprint density at radius 1 is 1.24 bits per heavy atom. The number of nitrogens with zero attached hydrogens (tertiary/aromatic N) is 2. The normalized spacial score (nSPS) is 14.6. The Bertz CT molecular complexity index is 813. The molecule has 2 heterocycles. The molecule has 3 aromatic rings. The highest BCUT2D eigenvalue weighted by atomic mass is 32.1. The quantitative estimate of drug-likeness (QED) is 0.783. The number of nitrogens with two attached hydrogens (primary N) is 1. The molecule has 3 nitrogen and oxygen atoms in total. The third kappa shape index (κ3) is 2.10. The number of fused-ring (bicyclic) bond motifs is 2. The van der Waals surface area contributed by atoms with E-state index in [1.807, 2.05) is 0 Å². The average molecular weight is 297 g/mol. The van der Waals surface area contributed by atoms with E-state index in [9.17, 15) is 0 Å². The van der Waals surface area contributed by atoms with Crippen LogP contribution in [0, 0.1) is 6.92 Å². The van der Waals surface area contributed by atoms with Gasteiger partial charge in [0.15, 0.2) is 4.96 Å². The molecule has 4 rings (SSSR count). The number of imidazole rings is 1. The molecule has 1 aliphatic rings. The van der Waals surface area contributed by atoms with Gasteiger partial charge in [0.25, 0.3) is 0 Å². The Hall–Kier alpha value is -1.65. The number of rotatable bonds is 2. The number of thiazole rings is 1. The van der Waals surface area contributed by atoms with Crippen molar-refractivity contribution < 1.29 is 0 Å². The topological polar surface area (TPSA) is 43.3 Å². The van der Waals surface area contributed by atoms with Gasteiger partial charge in [-0.1, -0.05) is 12.1 Å². The van der Waals surface area contributed by atoms with Crippen LogP contribution in [0.25, 0.3) is 16.2 Å². The lowest BCUT2D eigenvalue weighted by molar-refractivity contribution is 0.686. The van der Waals surface area contributed by atoms with Crippen LogP contribution in [0.3, 0.4) is 0 Å². The number of benzene rings is 1. The largest absolute Gasteiger partial charge is 0.325 e. The fourth-order valence-corrected chi connectivity index (χ4v) is 4.15. The molecular weight excluding hydrogens is 278 g/mol. The molecule has 2 N–H and O–H groups in total. The molecule has 0 bridgehead atoms. The summed E-state index contributed by atoms with van der Waals surface area (Å²) in [5.74, 6) is 0. The van der Waals surface area contributed by atoms with Gasteiger partial charge in [0.1, 0.15) is 0 Å². The summed E-state index contributed by atoms with van der Waals surface area (Å²) >= 11 is 1.72. The van der Waals surface area contributed by atoms with E-state index in [1.54, 1.807) is 11.3 Å². The molecule has 0 unspecified atom stereocenters. The highest BCUT2D eigenvalue weighted by Crippen LogP contribution is 2.31. The molecule has 0 saturated heterocycles. The zero-order chi connectivity index (χ0) is 14.4. The minimum atomic E-state index is 0.518. The molecule has 0 aliphatic heterocycles. The molecular formula is C17H19N3S. The molecule has 21 heavy (non-hydrogen) atoms. The van der Waals surface area contributed by atoms with E-state index in [1.165, 1.54) is 47.3 Å². The van der Waals surface area contributed by atoms with E-state index in [-0.39, 0.29) is 0 Å². The smallest absolute Gasteiger partial charge is 0.194 e. The maximum absolute atomic E-state index is 5.99. The van der Waals surface area contributed by atoms with Crippen molar-refractivity contribution in [2.75, 3.05) is 0 Å². The molecule has 0 fully saturated rings. The number of aromatic nitrogens is 2.